The van der Waals surface area contributed by atoms with Crippen LogP contribution in [0, 0.1) is 11.7 Å². The molecule has 4 rings (SSSR count). The molecule has 202 valence electrons. The van der Waals surface area contributed by atoms with Gasteiger partial charge in [-0.05, 0) is 90.4 Å². The van der Waals surface area contributed by atoms with Gasteiger partial charge in [-0.1, -0.05) is 62.7 Å². The zero-order chi connectivity index (χ0) is 27.4. The second-order valence-corrected chi connectivity index (χ2v) is 10.6. The van der Waals surface area contributed by atoms with E-state index in [0.29, 0.717) is 12.0 Å². The van der Waals surface area contributed by atoms with Gasteiger partial charge >= 0.3 is 6.18 Å². The zero-order valence-corrected chi connectivity index (χ0v) is 21.8. The summed E-state index contributed by atoms with van der Waals surface area (Å²) in [6, 6.07) is 17.1. The van der Waals surface area contributed by atoms with Crippen molar-refractivity contribution in [3.63, 3.8) is 0 Å². The lowest BCUT2D eigenvalue weighted by atomic mass is 9.83. The van der Waals surface area contributed by atoms with Crippen LogP contribution in [0.15, 0.2) is 66.7 Å². The molecule has 1 amide bonds. The Balaban J connectivity index is 1.90. The highest BCUT2D eigenvalue weighted by Crippen LogP contribution is 2.40. The molecule has 2 N–H and O–H groups in total. The molecule has 3 aromatic rings. The van der Waals surface area contributed by atoms with Gasteiger partial charge in [-0.15, -0.1) is 0 Å². The number of nitrogens with zero attached hydrogens (tertiary/aromatic N) is 1. The van der Waals surface area contributed by atoms with Crippen molar-refractivity contribution in [1.82, 2.24) is 4.90 Å². The van der Waals surface area contributed by atoms with Crippen molar-refractivity contribution in [2.45, 2.75) is 57.7 Å². The Bertz CT molecular complexity index is 1230. The fourth-order valence-corrected chi connectivity index (χ4v) is 5.41. The van der Waals surface area contributed by atoms with Crippen molar-refractivity contribution in [3.8, 4) is 11.1 Å². The van der Waals surface area contributed by atoms with Gasteiger partial charge in [0.25, 0.3) is 0 Å². The Morgan fingerprint density at radius 1 is 0.895 bits per heavy atom. The van der Waals surface area contributed by atoms with Crippen LogP contribution in [-0.4, -0.2) is 23.9 Å². The predicted octanol–water partition coefficient (Wildman–Crippen LogP) is 7.70. The van der Waals surface area contributed by atoms with E-state index < -0.39 is 23.6 Å². The highest BCUT2D eigenvalue weighted by atomic mass is 19.4. The summed E-state index contributed by atoms with van der Waals surface area (Å²) in [5.41, 5.74) is 8.96. The number of piperidine rings is 1. The van der Waals surface area contributed by atoms with Crippen molar-refractivity contribution in [2.75, 3.05) is 13.1 Å². The molecular weight excluding hydrogens is 492 g/mol. The molecule has 1 aliphatic heterocycles. The molecule has 38 heavy (non-hydrogen) atoms. The van der Waals surface area contributed by atoms with Crippen molar-refractivity contribution in [2.24, 2.45) is 11.7 Å². The minimum absolute atomic E-state index is 0.223. The summed E-state index contributed by atoms with van der Waals surface area (Å²) in [6.07, 6.45) is -0.684. The SMILES string of the molecule is CC(C)CC(C(N)=O)c1ccc(C(c2ccc(F)cc2)N2CCCCC2)c(-c2ccc(C(F)(F)F)cc2)c1. The van der Waals surface area contributed by atoms with Crippen LogP contribution in [0.25, 0.3) is 11.1 Å². The van der Waals surface area contributed by atoms with Crippen LogP contribution in [0.4, 0.5) is 17.6 Å². The number of carbonyl (C=O) groups is 1. The first-order chi connectivity index (χ1) is 18.0. The number of carbonyl (C=O) groups excluding carboxylic acids is 1. The molecule has 1 aliphatic rings. The van der Waals surface area contributed by atoms with Crippen LogP contribution in [0.3, 0.4) is 0 Å². The number of hydrogen-bond acceptors (Lipinski definition) is 2. The number of rotatable bonds is 8. The number of hydrogen-bond donors (Lipinski definition) is 1. The summed E-state index contributed by atoms with van der Waals surface area (Å²) in [4.78, 5) is 14.8. The number of likely N-dealkylation sites (tertiary alicyclic amines) is 1. The van der Waals surface area contributed by atoms with E-state index in [1.807, 2.05) is 32.0 Å². The van der Waals surface area contributed by atoms with Crippen molar-refractivity contribution >= 4 is 5.91 Å². The number of alkyl halides is 3. The molecule has 0 aromatic heterocycles. The van der Waals surface area contributed by atoms with Crippen LogP contribution in [-0.2, 0) is 11.0 Å². The molecule has 2 atom stereocenters. The van der Waals surface area contributed by atoms with E-state index in [-0.39, 0.29) is 17.8 Å². The van der Waals surface area contributed by atoms with E-state index in [1.54, 1.807) is 12.1 Å². The average Bonchev–Trinajstić information content (AvgIpc) is 2.89. The lowest BCUT2D eigenvalue weighted by Gasteiger charge is -2.36. The van der Waals surface area contributed by atoms with Crippen LogP contribution in [0.2, 0.25) is 0 Å². The van der Waals surface area contributed by atoms with Gasteiger partial charge in [0, 0.05) is 0 Å². The topological polar surface area (TPSA) is 46.3 Å². The van der Waals surface area contributed by atoms with Crippen molar-refractivity contribution in [1.29, 1.82) is 0 Å². The average molecular weight is 527 g/mol. The third kappa shape index (κ3) is 6.44. The number of halogens is 4. The van der Waals surface area contributed by atoms with E-state index in [4.69, 9.17) is 5.73 Å². The summed E-state index contributed by atoms with van der Waals surface area (Å²) in [5, 5.41) is 0. The molecule has 3 aromatic carbocycles. The van der Waals surface area contributed by atoms with E-state index >= 15 is 0 Å². The molecule has 0 radical (unpaired) electrons. The highest BCUT2D eigenvalue weighted by molar-refractivity contribution is 5.83. The Labute approximate surface area is 221 Å². The van der Waals surface area contributed by atoms with E-state index in [1.165, 1.54) is 24.3 Å². The molecule has 7 heteroatoms. The lowest BCUT2D eigenvalue weighted by Crippen LogP contribution is -2.34. The number of nitrogens with two attached hydrogens (primary N) is 1. The third-order valence-corrected chi connectivity index (χ3v) is 7.29. The molecular formula is C31H34F4N2O. The Morgan fingerprint density at radius 2 is 1.50 bits per heavy atom. The summed E-state index contributed by atoms with van der Waals surface area (Å²) in [5.74, 6) is -1.06. The Kier molecular flexibility index (Phi) is 8.56. The van der Waals surface area contributed by atoms with Crippen LogP contribution in [0.1, 0.15) is 73.7 Å². The summed E-state index contributed by atoms with van der Waals surface area (Å²) < 4.78 is 53.8. The Morgan fingerprint density at radius 3 is 2.05 bits per heavy atom. The first kappa shape index (κ1) is 27.8. The monoisotopic (exact) mass is 526 g/mol. The third-order valence-electron chi connectivity index (χ3n) is 7.29. The number of amides is 1. The van der Waals surface area contributed by atoms with Crippen LogP contribution in [0.5, 0.6) is 0 Å². The largest absolute Gasteiger partial charge is 0.416 e. The van der Waals surface area contributed by atoms with Gasteiger partial charge in [0.1, 0.15) is 5.82 Å². The molecule has 3 nitrogen and oxygen atoms in total. The number of benzene rings is 3. The van der Waals surface area contributed by atoms with Gasteiger partial charge in [-0.25, -0.2) is 4.39 Å². The molecule has 1 heterocycles. The minimum Gasteiger partial charge on any atom is -0.369 e. The van der Waals surface area contributed by atoms with Gasteiger partial charge in [0.15, 0.2) is 0 Å². The fraction of sp³-hybridized carbons (Fsp3) is 0.387. The summed E-state index contributed by atoms with van der Waals surface area (Å²) in [7, 11) is 0. The molecule has 1 fully saturated rings. The normalized spacial score (nSPS) is 16.4. The fourth-order valence-electron chi connectivity index (χ4n) is 5.41. The van der Waals surface area contributed by atoms with Gasteiger partial charge in [0.05, 0.1) is 17.5 Å². The molecule has 0 saturated carbocycles. The van der Waals surface area contributed by atoms with E-state index in [0.717, 1.165) is 66.7 Å². The molecule has 0 aliphatic carbocycles. The zero-order valence-electron chi connectivity index (χ0n) is 21.8. The first-order valence-corrected chi connectivity index (χ1v) is 13.1. The van der Waals surface area contributed by atoms with Gasteiger partial charge in [-0.3, -0.25) is 9.69 Å². The second-order valence-electron chi connectivity index (χ2n) is 10.6. The van der Waals surface area contributed by atoms with Crippen LogP contribution >= 0.6 is 0 Å². The molecule has 2 unspecified atom stereocenters. The summed E-state index contributed by atoms with van der Waals surface area (Å²) in [6.45, 7) is 5.74. The molecule has 0 bridgehead atoms. The van der Waals surface area contributed by atoms with Gasteiger partial charge in [0.2, 0.25) is 5.91 Å². The first-order valence-electron chi connectivity index (χ1n) is 13.1. The van der Waals surface area contributed by atoms with E-state index in [9.17, 15) is 22.4 Å². The maximum atomic E-state index is 13.8. The second kappa shape index (κ2) is 11.7. The summed E-state index contributed by atoms with van der Waals surface area (Å²) >= 11 is 0. The number of primary amides is 1. The van der Waals surface area contributed by atoms with Crippen molar-refractivity contribution in [3.05, 3.63) is 94.8 Å². The van der Waals surface area contributed by atoms with E-state index in [2.05, 4.69) is 4.90 Å². The quantitative estimate of drug-likeness (QED) is 0.306. The standard InChI is InChI=1S/C31H34F4N2O/c1-20(2)18-28(30(36)38)23-10-15-26(27(19-23)21-6-11-24(12-7-21)31(33,34)35)29(37-16-4-3-5-17-37)22-8-13-25(32)14-9-22/h6-15,19-20,28-29H,3-5,16-18H2,1-2H3,(H2,36,38). The van der Waals surface area contributed by atoms with Gasteiger partial charge in [-0.2, -0.15) is 13.2 Å². The Hall–Kier alpha value is -3.19. The lowest BCUT2D eigenvalue weighted by molar-refractivity contribution is -0.137. The maximum Gasteiger partial charge on any atom is 0.416 e. The smallest absolute Gasteiger partial charge is 0.369 e. The van der Waals surface area contributed by atoms with Gasteiger partial charge < -0.3 is 5.73 Å². The van der Waals surface area contributed by atoms with Crippen molar-refractivity contribution < 1.29 is 22.4 Å². The molecule has 1 saturated heterocycles. The minimum atomic E-state index is -4.44. The highest BCUT2D eigenvalue weighted by Gasteiger charge is 2.31. The predicted molar refractivity (Wildman–Crippen MR) is 142 cm³/mol. The molecule has 0 spiro atoms. The van der Waals surface area contributed by atoms with Crippen LogP contribution < -0.4 is 5.73 Å². The maximum absolute atomic E-state index is 13.8.